The first-order valence-electron chi connectivity index (χ1n) is 6.01. The molecule has 2 aliphatic rings. The lowest BCUT2D eigenvalue weighted by atomic mass is 10.0. The van der Waals surface area contributed by atoms with E-state index in [2.05, 4.69) is 13.8 Å². The highest BCUT2D eigenvalue weighted by atomic mass is 16.3. The van der Waals surface area contributed by atoms with E-state index in [0.717, 1.165) is 33.9 Å². The van der Waals surface area contributed by atoms with E-state index in [9.17, 15) is 4.79 Å². The van der Waals surface area contributed by atoms with E-state index >= 15 is 0 Å². The molecule has 0 saturated carbocycles. The first kappa shape index (κ1) is 11.0. The Hall–Kier alpha value is -2.09. The van der Waals surface area contributed by atoms with E-state index in [4.69, 9.17) is 4.42 Å². The van der Waals surface area contributed by atoms with Gasteiger partial charge in [0.1, 0.15) is 11.5 Å². The van der Waals surface area contributed by atoms with E-state index in [1.807, 2.05) is 31.2 Å². The maximum atomic E-state index is 11.3. The largest absolute Gasteiger partial charge is 0.460 e. The number of rotatable bonds is 1. The monoisotopic (exact) mass is 238 g/mol. The number of carbonyl (C=O) groups is 1. The molecule has 0 N–H and O–H groups in total. The molecule has 0 aromatic heterocycles. The van der Waals surface area contributed by atoms with Crippen LogP contribution in [0.5, 0.6) is 0 Å². The topological polar surface area (TPSA) is 30.2 Å². The fourth-order valence-electron chi connectivity index (χ4n) is 2.59. The lowest BCUT2D eigenvalue weighted by Gasteiger charge is -2.11. The van der Waals surface area contributed by atoms with E-state index in [1.54, 1.807) is 0 Å². The number of benzene rings is 1. The van der Waals surface area contributed by atoms with Crippen LogP contribution in [-0.2, 0) is 0 Å². The van der Waals surface area contributed by atoms with Gasteiger partial charge in [0.2, 0.25) is 0 Å². The molecule has 0 atom stereocenters. The fourth-order valence-corrected chi connectivity index (χ4v) is 2.59. The molecule has 18 heavy (non-hydrogen) atoms. The molecule has 0 amide bonds. The van der Waals surface area contributed by atoms with Gasteiger partial charge in [-0.15, -0.1) is 0 Å². The fraction of sp³-hybridized carbons (Fsp3) is 0.188. The van der Waals surface area contributed by atoms with Crippen molar-refractivity contribution in [1.82, 2.24) is 0 Å². The van der Waals surface area contributed by atoms with Gasteiger partial charge in [0, 0.05) is 5.56 Å². The van der Waals surface area contributed by atoms with Crippen molar-refractivity contribution in [1.29, 1.82) is 0 Å². The molecule has 1 aliphatic heterocycles. The quantitative estimate of drug-likeness (QED) is 0.592. The molecule has 0 fully saturated rings. The number of hydrogen-bond donors (Lipinski definition) is 0. The van der Waals surface area contributed by atoms with Crippen molar-refractivity contribution in [2.24, 2.45) is 0 Å². The molecule has 3 rings (SSSR count). The predicted octanol–water partition coefficient (Wildman–Crippen LogP) is 4.28. The van der Waals surface area contributed by atoms with Crippen molar-refractivity contribution in [3.05, 3.63) is 46.7 Å². The van der Waals surface area contributed by atoms with E-state index < -0.39 is 0 Å². The average molecular weight is 238 g/mol. The van der Waals surface area contributed by atoms with Gasteiger partial charge in [-0.05, 0) is 42.7 Å². The first-order chi connectivity index (χ1) is 8.65. The van der Waals surface area contributed by atoms with Gasteiger partial charge >= 0.3 is 0 Å². The summed E-state index contributed by atoms with van der Waals surface area (Å²) in [6.45, 7) is 6.07. The van der Waals surface area contributed by atoms with Gasteiger partial charge in [0.15, 0.2) is 6.29 Å². The zero-order valence-corrected chi connectivity index (χ0v) is 10.7. The van der Waals surface area contributed by atoms with Crippen molar-refractivity contribution in [2.75, 3.05) is 0 Å². The number of aryl methyl sites for hydroxylation is 1. The zero-order chi connectivity index (χ0) is 12.9. The lowest BCUT2D eigenvalue weighted by molar-refractivity contribution is 0.112. The van der Waals surface area contributed by atoms with Crippen molar-refractivity contribution in [3.63, 3.8) is 0 Å². The van der Waals surface area contributed by atoms with Crippen molar-refractivity contribution < 1.29 is 9.21 Å². The lowest BCUT2D eigenvalue weighted by Crippen LogP contribution is -1.92. The summed E-state index contributed by atoms with van der Waals surface area (Å²) < 4.78 is 5.85. The van der Waals surface area contributed by atoms with Crippen molar-refractivity contribution in [3.8, 4) is 11.3 Å². The molecule has 90 valence electrons. The van der Waals surface area contributed by atoms with Gasteiger partial charge in [-0.25, -0.2) is 0 Å². The van der Waals surface area contributed by atoms with Gasteiger partial charge < -0.3 is 4.42 Å². The molecular formula is C16H14O2. The molecule has 0 spiro atoms. The number of fused-ring (bicyclic) bond motifs is 3. The first-order valence-corrected chi connectivity index (χ1v) is 6.01. The second-order valence-electron chi connectivity index (χ2n) is 4.69. The normalized spacial score (nSPS) is 11.3. The van der Waals surface area contributed by atoms with E-state index in [-0.39, 0.29) is 0 Å². The molecule has 1 heterocycles. The number of hydrogen-bond acceptors (Lipinski definition) is 2. The van der Waals surface area contributed by atoms with Crippen LogP contribution in [0.4, 0.5) is 0 Å². The summed E-state index contributed by atoms with van der Waals surface area (Å²) >= 11 is 0. The molecular weight excluding hydrogens is 224 g/mol. The predicted molar refractivity (Wildman–Crippen MR) is 72.4 cm³/mol. The molecule has 1 aromatic carbocycles. The highest BCUT2D eigenvalue weighted by Crippen LogP contribution is 2.42. The summed E-state index contributed by atoms with van der Waals surface area (Å²) in [5.74, 6) is 1.59. The molecule has 1 aliphatic carbocycles. The molecule has 0 radical (unpaired) electrons. The van der Waals surface area contributed by atoms with Crippen LogP contribution >= 0.6 is 0 Å². The van der Waals surface area contributed by atoms with Crippen molar-refractivity contribution in [2.45, 2.75) is 20.8 Å². The van der Waals surface area contributed by atoms with Crippen LogP contribution in [0.25, 0.3) is 22.1 Å². The van der Waals surface area contributed by atoms with Gasteiger partial charge in [-0.3, -0.25) is 4.79 Å². The Morgan fingerprint density at radius 1 is 1.00 bits per heavy atom. The molecule has 0 bridgehead atoms. The highest BCUT2D eigenvalue weighted by molar-refractivity contribution is 6.13. The average Bonchev–Trinajstić information content (AvgIpc) is 2.69. The number of carbonyl (C=O) groups excluding carboxylic acids is 1. The Kier molecular flexibility index (Phi) is 2.27. The number of aldehydes is 1. The van der Waals surface area contributed by atoms with Crippen LogP contribution in [0.15, 0.2) is 28.7 Å². The van der Waals surface area contributed by atoms with E-state index in [0.29, 0.717) is 11.3 Å². The minimum Gasteiger partial charge on any atom is -0.460 e. The Balaban J connectivity index is 2.63. The van der Waals surface area contributed by atoms with Gasteiger partial charge in [-0.2, -0.15) is 0 Å². The second kappa shape index (κ2) is 3.70. The van der Waals surface area contributed by atoms with Crippen molar-refractivity contribution >= 4 is 17.1 Å². The third-order valence-electron chi connectivity index (χ3n) is 3.80. The van der Waals surface area contributed by atoms with Crippen LogP contribution in [0.2, 0.25) is 0 Å². The Labute approximate surface area is 106 Å². The van der Waals surface area contributed by atoms with Crippen LogP contribution < -0.4 is 0 Å². The minimum absolute atomic E-state index is 0.659. The maximum Gasteiger partial charge on any atom is 0.154 e. The minimum atomic E-state index is 0.659. The van der Waals surface area contributed by atoms with Gasteiger partial charge in [0.05, 0.1) is 5.56 Å². The Morgan fingerprint density at radius 2 is 1.67 bits per heavy atom. The van der Waals surface area contributed by atoms with Crippen LogP contribution in [0.3, 0.4) is 0 Å². The summed E-state index contributed by atoms with van der Waals surface area (Å²) in [6, 6.07) is 7.95. The maximum absolute atomic E-state index is 11.3. The Bertz CT molecular complexity index is 735. The summed E-state index contributed by atoms with van der Waals surface area (Å²) in [7, 11) is 0. The summed E-state index contributed by atoms with van der Waals surface area (Å²) in [5, 5.41) is 2.07. The third kappa shape index (κ3) is 1.26. The van der Waals surface area contributed by atoms with Gasteiger partial charge in [-0.1, -0.05) is 24.3 Å². The standard InChI is InChI=1S/C16H14O2/c1-9-10(2)15-13-7-5-4-6-12(13)14(8-17)16(15)18-11(9)3/h4-8H,1-3H3. The molecule has 2 heteroatoms. The zero-order valence-electron chi connectivity index (χ0n) is 10.7. The van der Waals surface area contributed by atoms with Crippen LogP contribution in [0, 0.1) is 20.8 Å². The highest BCUT2D eigenvalue weighted by Gasteiger charge is 2.23. The van der Waals surface area contributed by atoms with Gasteiger partial charge in [0.25, 0.3) is 0 Å². The molecule has 0 saturated heterocycles. The summed E-state index contributed by atoms with van der Waals surface area (Å²) in [6.07, 6.45) is 0.891. The van der Waals surface area contributed by atoms with Crippen LogP contribution in [0.1, 0.15) is 27.2 Å². The summed E-state index contributed by atoms with van der Waals surface area (Å²) in [5.41, 5.74) is 4.07. The van der Waals surface area contributed by atoms with E-state index in [1.165, 1.54) is 5.56 Å². The Morgan fingerprint density at radius 3 is 2.33 bits per heavy atom. The SMILES string of the molecule is Cc1oc2c(C=O)c3ccccc3c-2c(C)c1C. The summed E-state index contributed by atoms with van der Waals surface area (Å²) in [4.78, 5) is 11.3. The molecule has 1 aromatic rings. The molecule has 2 nitrogen and oxygen atoms in total. The third-order valence-corrected chi connectivity index (χ3v) is 3.80. The van der Waals surface area contributed by atoms with Crippen LogP contribution in [-0.4, -0.2) is 6.29 Å². The smallest absolute Gasteiger partial charge is 0.154 e. The molecule has 0 unspecified atom stereocenters. The second-order valence-corrected chi connectivity index (χ2v) is 4.69.